The first-order valence-corrected chi connectivity index (χ1v) is 18.4. The lowest BCUT2D eigenvalue weighted by Crippen LogP contribution is -2.38. The minimum atomic E-state index is -4.34. The van der Waals surface area contributed by atoms with E-state index < -0.39 is 75.9 Å². The molecule has 242 valence electrons. The number of carbonyl (C=O) groups excluding carboxylic acids is 1. The molecule has 7 heterocycles. The maximum atomic E-state index is 16.0. The van der Waals surface area contributed by atoms with Crippen molar-refractivity contribution >= 4 is 72.0 Å². The van der Waals surface area contributed by atoms with Gasteiger partial charge in [0.15, 0.2) is 47.4 Å². The Bertz CT molecular complexity index is 1810. The van der Waals surface area contributed by atoms with Crippen LogP contribution < -0.4 is 11.5 Å². The number of aliphatic hydroxyl groups is 1. The summed E-state index contributed by atoms with van der Waals surface area (Å²) >= 11 is 9.21. The topological polar surface area (TPSA) is 256 Å². The summed E-state index contributed by atoms with van der Waals surface area (Å²) in [7, 11) is 0. The monoisotopic (exact) mass is 707 g/mol. The van der Waals surface area contributed by atoms with Gasteiger partial charge in [-0.25, -0.2) is 33.9 Å². The van der Waals surface area contributed by atoms with Crippen molar-refractivity contribution in [3.8, 4) is 0 Å². The van der Waals surface area contributed by atoms with Crippen LogP contribution in [0.3, 0.4) is 0 Å². The van der Waals surface area contributed by atoms with Gasteiger partial charge in [0.1, 0.15) is 48.2 Å². The number of rotatable bonds is 2. The number of imidazole rings is 2. The number of hydrogen-bond donors (Lipinski definition) is 5. The van der Waals surface area contributed by atoms with Crippen molar-refractivity contribution < 1.29 is 51.3 Å². The Balaban J connectivity index is 1.16. The molecule has 0 spiro atoms. The first-order chi connectivity index (χ1) is 21.3. The lowest BCUT2D eigenvalue weighted by atomic mass is 10.1. The van der Waals surface area contributed by atoms with Gasteiger partial charge in [-0.1, -0.05) is 12.2 Å². The van der Waals surface area contributed by atoms with Crippen LogP contribution in [0.25, 0.3) is 11.2 Å². The van der Waals surface area contributed by atoms with Crippen LogP contribution in [0.15, 0.2) is 24.0 Å². The Kier molecular flexibility index (Phi) is 7.86. The van der Waals surface area contributed by atoms with Crippen LogP contribution in [-0.4, -0.2) is 101 Å². The van der Waals surface area contributed by atoms with Crippen molar-refractivity contribution in [2.75, 3.05) is 18.9 Å². The van der Waals surface area contributed by atoms with Gasteiger partial charge in [0, 0.05) is 0 Å². The molecular weight excluding hydrogens is 683 g/mol. The van der Waals surface area contributed by atoms with E-state index in [-0.39, 0.29) is 46.5 Å². The number of Topliss-reactive ketones (excluding diaryl/α,β-unsaturated/α-hetero) is 1. The molecule has 24 heteroatoms. The molecule has 3 fully saturated rings. The van der Waals surface area contributed by atoms with Crippen LogP contribution in [-0.2, 0) is 43.9 Å². The van der Waals surface area contributed by atoms with E-state index in [1.165, 1.54) is 28.1 Å². The fourth-order valence-corrected chi connectivity index (χ4v) is 8.35. The molecule has 3 aromatic heterocycles. The number of alkyl halides is 1. The summed E-state index contributed by atoms with van der Waals surface area (Å²) in [5, 5.41) is 11.2. The van der Waals surface area contributed by atoms with Gasteiger partial charge < -0.3 is 35.5 Å². The smallest absolute Gasteiger partial charge is 0.386 e. The van der Waals surface area contributed by atoms with Crippen LogP contribution in [0.4, 0.5) is 16.0 Å². The van der Waals surface area contributed by atoms with Crippen LogP contribution in [0, 0.1) is 0 Å². The second-order valence-electron chi connectivity index (χ2n) is 10.3. The third-order valence-corrected chi connectivity index (χ3v) is 10.6. The number of nitrogens with zero attached hydrogens (tertiary/aromatic N) is 7. The number of aromatic nitrogens is 6. The highest BCUT2D eigenvalue weighted by molar-refractivity contribution is 8.44. The molecule has 3 saturated heterocycles. The summed E-state index contributed by atoms with van der Waals surface area (Å²) in [6, 6.07) is 0. The molecule has 3 aromatic rings. The van der Waals surface area contributed by atoms with Gasteiger partial charge in [-0.2, -0.15) is 0 Å². The Morgan fingerprint density at radius 2 is 1.73 bits per heavy atom. The molecule has 7 rings (SSSR count). The zero-order valence-corrected chi connectivity index (χ0v) is 26.0. The number of fused-ring (bicyclic) bond motifs is 4. The molecule has 0 amide bonds. The number of aliphatic imine (C=N–C) groups is 1. The zero-order valence-electron chi connectivity index (χ0n) is 22.5. The van der Waals surface area contributed by atoms with E-state index in [1.807, 2.05) is 0 Å². The fourth-order valence-electron chi connectivity index (χ4n) is 5.42. The second-order valence-corrected chi connectivity index (χ2v) is 16.0. The average Bonchev–Trinajstić information content (AvgIpc) is 3.72. The second kappa shape index (κ2) is 11.4. The number of thiol groups is 1. The first kappa shape index (κ1) is 31.2. The zero-order chi connectivity index (χ0) is 31.8. The summed E-state index contributed by atoms with van der Waals surface area (Å²) in [6.45, 7) is -9.78. The fraction of sp³-hybridized carbons (Fsp3) is 0.524. The van der Waals surface area contributed by atoms with Crippen LogP contribution >= 0.6 is 25.8 Å². The Morgan fingerprint density at radius 1 is 1.02 bits per heavy atom. The molecule has 6 N–H and O–H groups in total. The minimum absolute atomic E-state index is 0.00995. The molecule has 4 aliphatic rings. The molecule has 10 atom stereocenters. The van der Waals surface area contributed by atoms with Gasteiger partial charge in [0.2, 0.25) is 0 Å². The molecule has 45 heavy (non-hydrogen) atoms. The molecule has 2 unspecified atom stereocenters. The van der Waals surface area contributed by atoms with E-state index in [9.17, 15) is 19.4 Å². The van der Waals surface area contributed by atoms with Crippen molar-refractivity contribution in [1.82, 2.24) is 29.1 Å². The van der Waals surface area contributed by atoms with Crippen molar-refractivity contribution in [3.63, 3.8) is 0 Å². The average molecular weight is 708 g/mol. The van der Waals surface area contributed by atoms with Crippen LogP contribution in [0.1, 0.15) is 29.4 Å². The number of nitrogens with two attached hydrogens (primary N) is 2. The van der Waals surface area contributed by atoms with E-state index in [4.69, 9.17) is 50.8 Å². The number of nitrogen functional groups attached to an aromatic ring is 1. The summed E-state index contributed by atoms with van der Waals surface area (Å²) in [5.41, 5.74) is 12.0. The number of ether oxygens (including phenoxy) is 2. The molecule has 0 bridgehead atoms. The van der Waals surface area contributed by atoms with Gasteiger partial charge in [0.05, 0.1) is 32.3 Å². The van der Waals surface area contributed by atoms with Crippen molar-refractivity contribution in [2.24, 2.45) is 10.7 Å². The van der Waals surface area contributed by atoms with Gasteiger partial charge in [-0.05, 0) is 11.8 Å². The first-order valence-electron chi connectivity index (χ1n) is 13.1. The standard InChI is InChI=1S/C21H24FN9O10P2S2/c22-11-15-8(38-20(11)30-6-28-13-17(24)25-4-26-18(13)30)2-36-43(35,45)41-16-9(3-37-42(34,44)40-15)39-21(14(16)33)31-5-27-12-7(32)1-10(23)29-19(12)31/h4-6,8-9,11,14-16,20-21,33H,1-3H2,(H2,23,29)(H,34,44)(H,35,45)(H2,24,25,26)/t8-,9-,11-,14-,15-,16-,20-,21-,42?,43?/m1/s1. The van der Waals surface area contributed by atoms with Gasteiger partial charge in [-0.15, -0.1) is 0 Å². The molecule has 4 aliphatic heterocycles. The maximum Gasteiger partial charge on any atom is 0.386 e. The normalized spacial score (nSPS) is 39.0. The number of hydrogen-bond acceptors (Lipinski definition) is 17. The highest BCUT2D eigenvalue weighted by atomic mass is 32.7. The summed E-state index contributed by atoms with van der Waals surface area (Å²) in [4.78, 5) is 43.6. The minimum Gasteiger partial charge on any atom is -0.387 e. The number of amidine groups is 1. The SMILES string of the molecule is NC1=Nc2c(ncn2[C@@H]2O[C@@H]3COP(O)(=S)O[C@H]4[C@@H](F)[C@H](n5cnc6c(N)ncnc65)O[C@@H]4COP(=O)(S)O[C@H]3[C@H]2O)C(=O)C1. The molecule has 0 radical (unpaired) electrons. The van der Waals surface area contributed by atoms with E-state index in [2.05, 4.69) is 37.2 Å². The van der Waals surface area contributed by atoms with Crippen molar-refractivity contribution in [1.29, 1.82) is 0 Å². The van der Waals surface area contributed by atoms with E-state index in [1.54, 1.807) is 0 Å². The Morgan fingerprint density at radius 3 is 2.53 bits per heavy atom. The molecule has 19 nitrogen and oxygen atoms in total. The van der Waals surface area contributed by atoms with Crippen molar-refractivity contribution in [3.05, 3.63) is 24.7 Å². The molecule has 0 saturated carbocycles. The molecule has 0 aromatic carbocycles. The predicted octanol–water partition coefficient (Wildman–Crippen LogP) is 0.446. The maximum absolute atomic E-state index is 16.0. The lowest BCUT2D eigenvalue weighted by Gasteiger charge is -2.29. The highest BCUT2D eigenvalue weighted by Crippen LogP contribution is 2.58. The number of carbonyl (C=O) groups is 1. The third kappa shape index (κ3) is 5.62. The number of aliphatic hydroxyl groups excluding tert-OH is 1. The van der Waals surface area contributed by atoms with Crippen LogP contribution in [0.2, 0.25) is 0 Å². The predicted molar refractivity (Wildman–Crippen MR) is 156 cm³/mol. The van der Waals surface area contributed by atoms with E-state index in [0.29, 0.717) is 0 Å². The summed E-state index contributed by atoms with van der Waals surface area (Å²) in [6.07, 6.45) is -8.46. The van der Waals surface area contributed by atoms with Crippen molar-refractivity contribution in [2.45, 2.75) is 55.6 Å². The van der Waals surface area contributed by atoms with Gasteiger partial charge in [-0.3, -0.25) is 27.5 Å². The Hall–Kier alpha value is -2.46. The largest absolute Gasteiger partial charge is 0.387 e. The highest BCUT2D eigenvalue weighted by Gasteiger charge is 2.53. The van der Waals surface area contributed by atoms with Crippen LogP contribution in [0.5, 0.6) is 0 Å². The van der Waals surface area contributed by atoms with Gasteiger partial charge >= 0.3 is 13.5 Å². The summed E-state index contributed by atoms with van der Waals surface area (Å²) < 4.78 is 65.8. The molecular formula is C21H24FN9O10P2S2. The Labute approximate surface area is 262 Å². The number of halogens is 1. The van der Waals surface area contributed by atoms with Gasteiger partial charge in [0.25, 0.3) is 0 Å². The van der Waals surface area contributed by atoms with E-state index in [0.717, 1.165) is 0 Å². The third-order valence-electron chi connectivity index (χ3n) is 7.45. The quantitative estimate of drug-likeness (QED) is 0.179. The van der Waals surface area contributed by atoms with E-state index >= 15 is 4.39 Å². The number of ketones is 1. The summed E-state index contributed by atoms with van der Waals surface area (Å²) in [5.74, 6) is -0.276. The molecule has 0 aliphatic carbocycles. The number of anilines is 1. The lowest BCUT2D eigenvalue weighted by molar-refractivity contribution is -0.0578.